The second kappa shape index (κ2) is 10.8. The molecule has 1 saturated carbocycles. The third-order valence-corrected chi connectivity index (χ3v) is 7.25. The number of amides is 3. The number of likely N-dealkylation sites (tertiary alicyclic amines) is 1. The lowest BCUT2D eigenvalue weighted by atomic mass is 10.1. The van der Waals surface area contributed by atoms with E-state index in [-0.39, 0.29) is 17.2 Å². The fraction of sp³-hybridized carbons (Fsp3) is 0.286. The lowest BCUT2D eigenvalue weighted by molar-refractivity contribution is -0.135. The molecule has 5 rings (SSSR count). The number of pyridine rings is 1. The molecule has 2 aromatic carbocycles. The molecule has 1 aliphatic carbocycles. The molecule has 0 bridgehead atoms. The molecule has 1 saturated heterocycles. The van der Waals surface area contributed by atoms with Gasteiger partial charge in [-0.15, -0.1) is 0 Å². The average Bonchev–Trinajstić information content (AvgIpc) is 3.68. The predicted molar refractivity (Wildman–Crippen MR) is 142 cm³/mol. The van der Waals surface area contributed by atoms with Crippen LogP contribution in [0.15, 0.2) is 71.7 Å². The van der Waals surface area contributed by atoms with Crippen LogP contribution < -0.4 is 16.2 Å². The van der Waals surface area contributed by atoms with Crippen molar-refractivity contribution in [3.63, 3.8) is 0 Å². The molecule has 2 fully saturated rings. The third kappa shape index (κ3) is 5.33. The van der Waals surface area contributed by atoms with E-state index in [4.69, 9.17) is 11.6 Å². The normalized spacial score (nSPS) is 20.5. The average molecular weight is 537 g/mol. The van der Waals surface area contributed by atoms with E-state index in [0.717, 1.165) is 25.3 Å². The Morgan fingerprint density at radius 2 is 1.53 bits per heavy atom. The number of rotatable bonds is 6. The second-order valence-electron chi connectivity index (χ2n) is 9.52. The maximum Gasteiger partial charge on any atom is 0.255 e. The van der Waals surface area contributed by atoms with Crippen LogP contribution in [-0.2, 0) is 14.4 Å². The molecule has 38 heavy (non-hydrogen) atoms. The number of piperidine rings is 1. The van der Waals surface area contributed by atoms with Gasteiger partial charge in [-0.05, 0) is 61.7 Å². The van der Waals surface area contributed by atoms with E-state index in [2.05, 4.69) is 10.6 Å². The minimum absolute atomic E-state index is 0.101. The first kappa shape index (κ1) is 25.7. The Bertz CT molecular complexity index is 1440. The van der Waals surface area contributed by atoms with Crippen molar-refractivity contribution in [1.82, 2.24) is 9.47 Å². The van der Waals surface area contributed by atoms with Crippen LogP contribution in [0.25, 0.3) is 5.69 Å². The van der Waals surface area contributed by atoms with Crippen LogP contribution in [0.5, 0.6) is 0 Å². The van der Waals surface area contributed by atoms with Gasteiger partial charge in [0.25, 0.3) is 5.56 Å². The monoisotopic (exact) mass is 536 g/mol. The largest absolute Gasteiger partial charge is 0.342 e. The number of anilines is 2. The Hall–Kier alpha value is -3.98. The van der Waals surface area contributed by atoms with Gasteiger partial charge in [0.1, 0.15) is 5.82 Å². The maximum atomic E-state index is 14.9. The molecule has 3 aromatic rings. The Labute approximate surface area is 223 Å². The molecule has 10 heteroatoms. The van der Waals surface area contributed by atoms with Gasteiger partial charge in [-0.2, -0.15) is 0 Å². The maximum absolute atomic E-state index is 14.9. The van der Waals surface area contributed by atoms with E-state index < -0.39 is 35.4 Å². The van der Waals surface area contributed by atoms with Gasteiger partial charge in [0.05, 0.1) is 29.1 Å². The van der Waals surface area contributed by atoms with Crippen molar-refractivity contribution in [3.05, 3.63) is 88.1 Å². The van der Waals surface area contributed by atoms with Crippen molar-refractivity contribution in [3.8, 4) is 5.69 Å². The van der Waals surface area contributed by atoms with Gasteiger partial charge in [0.15, 0.2) is 0 Å². The molecule has 2 N–H and O–H groups in total. The molecule has 0 radical (unpaired) electrons. The molecular weight excluding hydrogens is 511 g/mol. The number of carbonyl (C=O) groups excluding carboxylic acids is 3. The number of aromatic nitrogens is 1. The Balaban J connectivity index is 1.34. The van der Waals surface area contributed by atoms with Crippen LogP contribution in [0.3, 0.4) is 0 Å². The zero-order chi connectivity index (χ0) is 26.8. The Morgan fingerprint density at radius 1 is 0.842 bits per heavy atom. The minimum Gasteiger partial charge on any atom is -0.342 e. The summed E-state index contributed by atoms with van der Waals surface area (Å²) in [5, 5.41) is 5.80. The third-order valence-electron chi connectivity index (χ3n) is 7.00. The molecule has 2 aliphatic rings. The SMILES string of the molecule is O=C(Nc1ccc(Cl)cc1)C1C(C(=O)Nc2ccc(-n3ccccc3=O)cc2F)C1C(=O)N1CCCCC1. The summed E-state index contributed by atoms with van der Waals surface area (Å²) in [6.07, 6.45) is 4.29. The predicted octanol–water partition coefficient (Wildman–Crippen LogP) is 4.08. The second-order valence-corrected chi connectivity index (χ2v) is 9.96. The summed E-state index contributed by atoms with van der Waals surface area (Å²) in [6.45, 7) is 1.17. The molecule has 2 heterocycles. The summed E-state index contributed by atoms with van der Waals surface area (Å²) >= 11 is 5.92. The van der Waals surface area contributed by atoms with E-state index in [0.29, 0.717) is 29.5 Å². The van der Waals surface area contributed by atoms with Crippen molar-refractivity contribution in [1.29, 1.82) is 0 Å². The summed E-state index contributed by atoms with van der Waals surface area (Å²) in [4.78, 5) is 53.4. The summed E-state index contributed by atoms with van der Waals surface area (Å²) in [5.41, 5.74) is 0.370. The standard InChI is InChI=1S/C28H26ClFN4O4/c29-17-7-9-18(10-8-17)31-26(36)23-24(25(23)28(38)33-13-3-1-4-14-33)27(37)32-21-12-11-19(16-20(21)30)34-15-5-2-6-22(34)35/h2,5-12,15-16,23-25H,1,3-4,13-14H2,(H,31,36)(H,32,37). The van der Waals surface area contributed by atoms with Crippen LogP contribution >= 0.6 is 11.6 Å². The number of hydrogen-bond donors (Lipinski definition) is 2. The first-order valence-corrected chi connectivity index (χ1v) is 12.8. The zero-order valence-corrected chi connectivity index (χ0v) is 21.2. The minimum atomic E-state index is -0.937. The first-order valence-electron chi connectivity index (χ1n) is 12.5. The highest BCUT2D eigenvalue weighted by Crippen LogP contribution is 2.49. The topological polar surface area (TPSA) is 101 Å². The fourth-order valence-electron chi connectivity index (χ4n) is 4.97. The molecule has 8 nitrogen and oxygen atoms in total. The Kier molecular flexibility index (Phi) is 7.28. The van der Waals surface area contributed by atoms with Gasteiger partial charge in [0.2, 0.25) is 17.7 Å². The highest BCUT2D eigenvalue weighted by molar-refractivity contribution is 6.30. The van der Waals surface area contributed by atoms with E-state index >= 15 is 0 Å². The number of halogens is 2. The molecule has 0 spiro atoms. The fourth-order valence-corrected chi connectivity index (χ4v) is 5.09. The van der Waals surface area contributed by atoms with Gasteiger partial charge in [-0.1, -0.05) is 17.7 Å². The summed E-state index contributed by atoms with van der Waals surface area (Å²) < 4.78 is 16.2. The molecule has 3 atom stereocenters. The van der Waals surface area contributed by atoms with Crippen molar-refractivity contribution in [2.24, 2.45) is 17.8 Å². The zero-order valence-electron chi connectivity index (χ0n) is 20.4. The summed E-state index contributed by atoms with van der Waals surface area (Å²) in [5.74, 6) is -4.69. The van der Waals surface area contributed by atoms with Crippen molar-refractivity contribution in [2.75, 3.05) is 23.7 Å². The number of carbonyl (C=O) groups is 3. The van der Waals surface area contributed by atoms with E-state index in [9.17, 15) is 23.6 Å². The van der Waals surface area contributed by atoms with Crippen LogP contribution in [0, 0.1) is 23.6 Å². The number of nitrogens with one attached hydrogen (secondary N) is 2. The molecule has 1 aliphatic heterocycles. The Morgan fingerprint density at radius 3 is 2.18 bits per heavy atom. The quantitative estimate of drug-likeness (QED) is 0.496. The van der Waals surface area contributed by atoms with Crippen molar-refractivity contribution < 1.29 is 18.8 Å². The van der Waals surface area contributed by atoms with Crippen LogP contribution in [0.4, 0.5) is 15.8 Å². The lowest BCUT2D eigenvalue weighted by Gasteiger charge is -2.27. The number of benzene rings is 2. The molecular formula is C28H26ClFN4O4. The van der Waals surface area contributed by atoms with Crippen LogP contribution in [0.1, 0.15) is 19.3 Å². The van der Waals surface area contributed by atoms with Crippen LogP contribution in [-0.4, -0.2) is 40.3 Å². The summed E-state index contributed by atoms with van der Waals surface area (Å²) in [6, 6.07) is 15.1. The van der Waals surface area contributed by atoms with Gasteiger partial charge in [-0.3, -0.25) is 23.7 Å². The van der Waals surface area contributed by atoms with Crippen molar-refractivity contribution >= 4 is 40.7 Å². The van der Waals surface area contributed by atoms with Gasteiger partial charge in [-0.25, -0.2) is 4.39 Å². The number of nitrogens with zero attached hydrogens (tertiary/aromatic N) is 2. The van der Waals surface area contributed by atoms with E-state index in [1.807, 2.05) is 0 Å². The summed E-state index contributed by atoms with van der Waals surface area (Å²) in [7, 11) is 0. The molecule has 1 aromatic heterocycles. The van der Waals surface area contributed by atoms with E-state index in [1.54, 1.807) is 41.3 Å². The van der Waals surface area contributed by atoms with Crippen molar-refractivity contribution in [2.45, 2.75) is 19.3 Å². The van der Waals surface area contributed by atoms with Gasteiger partial charge < -0.3 is 15.5 Å². The lowest BCUT2D eigenvalue weighted by Crippen LogP contribution is -2.38. The smallest absolute Gasteiger partial charge is 0.255 e. The van der Waals surface area contributed by atoms with Crippen LogP contribution in [0.2, 0.25) is 5.02 Å². The van der Waals surface area contributed by atoms with Gasteiger partial charge >= 0.3 is 0 Å². The first-order chi connectivity index (χ1) is 18.3. The number of hydrogen-bond acceptors (Lipinski definition) is 4. The highest BCUT2D eigenvalue weighted by Gasteiger charge is 2.63. The molecule has 3 amide bonds. The van der Waals surface area contributed by atoms with Gasteiger partial charge in [0, 0.05) is 42.1 Å². The van der Waals surface area contributed by atoms with E-state index in [1.165, 1.54) is 29.0 Å². The molecule has 196 valence electrons. The highest BCUT2D eigenvalue weighted by atomic mass is 35.5. The molecule has 3 unspecified atom stereocenters.